The summed E-state index contributed by atoms with van der Waals surface area (Å²) in [6.07, 6.45) is 0. The molecule has 2 rings (SSSR count). The van der Waals surface area contributed by atoms with Crippen molar-refractivity contribution in [3.05, 3.63) is 55.4 Å². The Bertz CT molecular complexity index is 555. The molecule has 94 valence electrons. The van der Waals surface area contributed by atoms with Gasteiger partial charge in [-0.3, -0.25) is 0 Å². The van der Waals surface area contributed by atoms with Crippen molar-refractivity contribution in [2.24, 2.45) is 0 Å². The first-order valence-electron chi connectivity index (χ1n) is 5.22. The summed E-state index contributed by atoms with van der Waals surface area (Å²) in [5.41, 5.74) is 1.84. The van der Waals surface area contributed by atoms with E-state index in [-0.39, 0.29) is 5.75 Å². The minimum absolute atomic E-state index is 0.266. The molecule has 2 aromatic rings. The van der Waals surface area contributed by atoms with Gasteiger partial charge < -0.3 is 10.4 Å². The van der Waals surface area contributed by atoms with Crippen LogP contribution in [0.5, 0.6) is 5.75 Å². The topological polar surface area (TPSA) is 32.3 Å². The van der Waals surface area contributed by atoms with Crippen LogP contribution in [0.1, 0.15) is 5.56 Å². The van der Waals surface area contributed by atoms with Gasteiger partial charge in [-0.25, -0.2) is 0 Å². The van der Waals surface area contributed by atoms with Crippen molar-refractivity contribution in [1.82, 2.24) is 0 Å². The second kappa shape index (κ2) is 6.08. The standard InChI is InChI=1S/C13H10Br3NO/c14-9-1-3-11(4-2-9)17-7-8-5-10(15)6-12(16)13(8)18/h1-6,17-18H,7H2. The van der Waals surface area contributed by atoms with Gasteiger partial charge in [-0.05, 0) is 52.3 Å². The van der Waals surface area contributed by atoms with Gasteiger partial charge in [0.25, 0.3) is 0 Å². The maximum absolute atomic E-state index is 9.93. The highest BCUT2D eigenvalue weighted by Crippen LogP contribution is 2.32. The van der Waals surface area contributed by atoms with Gasteiger partial charge in [0.15, 0.2) is 0 Å². The lowest BCUT2D eigenvalue weighted by atomic mass is 10.2. The number of hydrogen-bond acceptors (Lipinski definition) is 2. The minimum Gasteiger partial charge on any atom is -0.506 e. The van der Waals surface area contributed by atoms with Crippen molar-refractivity contribution in [3.63, 3.8) is 0 Å². The second-order valence-corrected chi connectivity index (χ2v) is 6.44. The molecule has 0 fully saturated rings. The van der Waals surface area contributed by atoms with Crippen LogP contribution in [-0.2, 0) is 6.54 Å². The molecular weight excluding hydrogens is 426 g/mol. The van der Waals surface area contributed by atoms with Gasteiger partial charge in [0.1, 0.15) is 5.75 Å². The highest BCUT2D eigenvalue weighted by atomic mass is 79.9. The van der Waals surface area contributed by atoms with Gasteiger partial charge in [0, 0.05) is 26.7 Å². The maximum Gasteiger partial charge on any atom is 0.134 e. The molecule has 0 amide bonds. The summed E-state index contributed by atoms with van der Waals surface area (Å²) < 4.78 is 2.66. The molecule has 0 spiro atoms. The van der Waals surface area contributed by atoms with Gasteiger partial charge in [-0.2, -0.15) is 0 Å². The Morgan fingerprint density at radius 1 is 0.944 bits per heavy atom. The minimum atomic E-state index is 0.266. The molecule has 0 aliphatic heterocycles. The highest BCUT2D eigenvalue weighted by Gasteiger charge is 2.07. The summed E-state index contributed by atoms with van der Waals surface area (Å²) >= 11 is 10.1. The summed E-state index contributed by atoms with van der Waals surface area (Å²) in [7, 11) is 0. The number of halogens is 3. The van der Waals surface area contributed by atoms with Crippen LogP contribution < -0.4 is 5.32 Å². The molecule has 0 aliphatic rings. The first kappa shape index (κ1) is 13.9. The normalized spacial score (nSPS) is 10.4. The number of benzene rings is 2. The molecule has 0 saturated heterocycles. The number of aromatic hydroxyl groups is 1. The zero-order valence-corrected chi connectivity index (χ0v) is 14.0. The van der Waals surface area contributed by atoms with E-state index in [1.807, 2.05) is 36.4 Å². The molecule has 0 aromatic heterocycles. The third-order valence-corrected chi connectivity index (χ3v) is 4.03. The van der Waals surface area contributed by atoms with Gasteiger partial charge in [0.05, 0.1) is 4.47 Å². The quantitative estimate of drug-likeness (QED) is 0.686. The van der Waals surface area contributed by atoms with Crippen LogP contribution in [0.2, 0.25) is 0 Å². The second-order valence-electron chi connectivity index (χ2n) is 3.76. The first-order chi connectivity index (χ1) is 8.56. The Balaban J connectivity index is 2.13. The summed E-state index contributed by atoms with van der Waals surface area (Å²) in [5, 5.41) is 13.2. The lowest BCUT2D eigenvalue weighted by molar-refractivity contribution is 0.465. The van der Waals surface area contributed by atoms with E-state index in [2.05, 4.69) is 53.1 Å². The van der Waals surface area contributed by atoms with Crippen LogP contribution in [0.4, 0.5) is 5.69 Å². The number of nitrogens with one attached hydrogen (secondary N) is 1. The van der Waals surface area contributed by atoms with Crippen LogP contribution in [0.3, 0.4) is 0 Å². The number of rotatable bonds is 3. The average molecular weight is 436 g/mol. The van der Waals surface area contributed by atoms with E-state index in [0.29, 0.717) is 11.0 Å². The Hall–Kier alpha value is -0.520. The van der Waals surface area contributed by atoms with Crippen molar-refractivity contribution in [1.29, 1.82) is 0 Å². The number of phenols is 1. The smallest absolute Gasteiger partial charge is 0.134 e. The summed E-state index contributed by atoms with van der Waals surface area (Å²) in [5.74, 6) is 0.266. The number of hydrogen-bond donors (Lipinski definition) is 2. The van der Waals surface area contributed by atoms with E-state index in [9.17, 15) is 5.11 Å². The summed E-state index contributed by atoms with van der Waals surface area (Å²) in [6.45, 7) is 0.561. The van der Waals surface area contributed by atoms with Crippen molar-refractivity contribution in [2.75, 3.05) is 5.32 Å². The SMILES string of the molecule is Oc1c(Br)cc(Br)cc1CNc1ccc(Br)cc1. The fourth-order valence-corrected chi connectivity index (χ4v) is 3.10. The molecule has 0 aliphatic carbocycles. The molecule has 0 heterocycles. The predicted molar refractivity (Wildman–Crippen MR) is 85.0 cm³/mol. The van der Waals surface area contributed by atoms with Crippen LogP contribution in [0.15, 0.2) is 49.8 Å². The van der Waals surface area contributed by atoms with Crippen LogP contribution in [0, 0.1) is 0 Å². The van der Waals surface area contributed by atoms with Gasteiger partial charge >= 0.3 is 0 Å². The van der Waals surface area contributed by atoms with E-state index in [1.54, 1.807) is 0 Å². The van der Waals surface area contributed by atoms with Gasteiger partial charge in [-0.1, -0.05) is 31.9 Å². The van der Waals surface area contributed by atoms with E-state index in [0.717, 1.165) is 20.2 Å². The Morgan fingerprint density at radius 2 is 1.61 bits per heavy atom. The fourth-order valence-electron chi connectivity index (χ4n) is 1.52. The first-order valence-corrected chi connectivity index (χ1v) is 7.60. The predicted octanol–water partition coefficient (Wildman–Crippen LogP) is 5.29. The van der Waals surface area contributed by atoms with Crippen molar-refractivity contribution < 1.29 is 5.11 Å². The van der Waals surface area contributed by atoms with E-state index in [4.69, 9.17) is 0 Å². The maximum atomic E-state index is 9.93. The van der Waals surface area contributed by atoms with Crippen LogP contribution in [-0.4, -0.2) is 5.11 Å². The Kier molecular flexibility index (Phi) is 4.70. The largest absolute Gasteiger partial charge is 0.506 e. The lowest BCUT2D eigenvalue weighted by Gasteiger charge is -2.10. The highest BCUT2D eigenvalue weighted by molar-refractivity contribution is 9.11. The van der Waals surface area contributed by atoms with E-state index >= 15 is 0 Å². The molecule has 2 aromatic carbocycles. The molecule has 5 heteroatoms. The van der Waals surface area contributed by atoms with E-state index < -0.39 is 0 Å². The molecule has 0 bridgehead atoms. The van der Waals surface area contributed by atoms with Crippen molar-refractivity contribution in [3.8, 4) is 5.75 Å². The molecular formula is C13H10Br3NO. The Morgan fingerprint density at radius 3 is 2.28 bits per heavy atom. The average Bonchev–Trinajstić information content (AvgIpc) is 2.34. The molecule has 2 N–H and O–H groups in total. The van der Waals surface area contributed by atoms with Gasteiger partial charge in [-0.15, -0.1) is 0 Å². The lowest BCUT2D eigenvalue weighted by Crippen LogP contribution is -1.99. The molecule has 0 radical (unpaired) electrons. The third kappa shape index (κ3) is 3.49. The summed E-state index contributed by atoms with van der Waals surface area (Å²) in [6, 6.07) is 11.6. The third-order valence-electron chi connectivity index (χ3n) is 2.43. The molecule has 0 saturated carbocycles. The fraction of sp³-hybridized carbons (Fsp3) is 0.0769. The zero-order valence-electron chi connectivity index (χ0n) is 9.25. The molecule has 0 unspecified atom stereocenters. The number of anilines is 1. The molecule has 18 heavy (non-hydrogen) atoms. The van der Waals surface area contributed by atoms with Crippen LogP contribution >= 0.6 is 47.8 Å². The zero-order chi connectivity index (χ0) is 13.1. The number of phenolic OH excluding ortho intramolecular Hbond substituents is 1. The van der Waals surface area contributed by atoms with Crippen molar-refractivity contribution in [2.45, 2.75) is 6.54 Å². The molecule has 0 atom stereocenters. The van der Waals surface area contributed by atoms with Crippen LogP contribution in [0.25, 0.3) is 0 Å². The van der Waals surface area contributed by atoms with Crippen molar-refractivity contribution >= 4 is 53.5 Å². The Labute approximate surface area is 131 Å². The summed E-state index contributed by atoms with van der Waals surface area (Å²) in [4.78, 5) is 0. The van der Waals surface area contributed by atoms with E-state index in [1.165, 1.54) is 0 Å². The molecule has 2 nitrogen and oxygen atoms in total. The van der Waals surface area contributed by atoms with Gasteiger partial charge in [0.2, 0.25) is 0 Å². The monoisotopic (exact) mass is 433 g/mol.